The van der Waals surface area contributed by atoms with Crippen LogP contribution in [0.2, 0.25) is 0 Å². The molecule has 1 fully saturated rings. The number of alkyl halides is 3. The molecule has 0 bridgehead atoms. The maximum Gasteiger partial charge on any atom is 0.416 e. The lowest BCUT2D eigenvalue weighted by molar-refractivity contribution is -0.152. The standard InChI is InChI=1S/C14H17F3O3/c1-3-6-18-12-5-4-10(14(15,16)17)9-11(12)13(2)19-7-8-20-13/h4-5,9H,3,6-8H2,1-2H3. The molecule has 0 saturated carbocycles. The predicted octanol–water partition coefficient (Wildman–Crippen LogP) is 3.71. The number of benzene rings is 1. The molecule has 0 aliphatic carbocycles. The second kappa shape index (κ2) is 5.61. The zero-order valence-corrected chi connectivity index (χ0v) is 11.4. The van der Waals surface area contributed by atoms with Crippen molar-refractivity contribution in [1.82, 2.24) is 0 Å². The van der Waals surface area contributed by atoms with Crippen LogP contribution in [0.5, 0.6) is 5.75 Å². The quantitative estimate of drug-likeness (QED) is 0.846. The molecule has 0 N–H and O–H groups in total. The summed E-state index contributed by atoms with van der Waals surface area (Å²) in [6.07, 6.45) is -3.65. The molecule has 0 amide bonds. The Hall–Kier alpha value is -1.27. The highest BCUT2D eigenvalue weighted by Crippen LogP contribution is 2.40. The topological polar surface area (TPSA) is 27.7 Å². The minimum atomic E-state index is -4.41. The Balaban J connectivity index is 2.42. The van der Waals surface area contributed by atoms with E-state index < -0.39 is 17.5 Å². The van der Waals surface area contributed by atoms with Crippen LogP contribution in [0.15, 0.2) is 18.2 Å². The van der Waals surface area contributed by atoms with Crippen molar-refractivity contribution in [2.24, 2.45) is 0 Å². The van der Waals surface area contributed by atoms with Crippen LogP contribution in [0.4, 0.5) is 13.2 Å². The average molecular weight is 290 g/mol. The summed E-state index contributed by atoms with van der Waals surface area (Å²) < 4.78 is 54.9. The van der Waals surface area contributed by atoms with Gasteiger partial charge in [-0.25, -0.2) is 0 Å². The van der Waals surface area contributed by atoms with Crippen molar-refractivity contribution in [2.75, 3.05) is 19.8 Å². The van der Waals surface area contributed by atoms with Gasteiger partial charge in [0, 0.05) is 0 Å². The molecule has 1 heterocycles. The number of ether oxygens (including phenoxy) is 3. The van der Waals surface area contributed by atoms with Crippen LogP contribution in [-0.2, 0) is 21.4 Å². The smallest absolute Gasteiger partial charge is 0.416 e. The zero-order chi connectivity index (χ0) is 14.8. The van der Waals surface area contributed by atoms with Crippen molar-refractivity contribution in [3.8, 4) is 5.75 Å². The fourth-order valence-electron chi connectivity index (χ4n) is 2.07. The Bertz CT molecular complexity index is 465. The molecular formula is C14H17F3O3. The first kappa shape index (κ1) is 15.1. The van der Waals surface area contributed by atoms with Crippen molar-refractivity contribution in [2.45, 2.75) is 32.2 Å². The molecule has 112 valence electrons. The number of halogens is 3. The van der Waals surface area contributed by atoms with E-state index in [-0.39, 0.29) is 5.56 Å². The lowest BCUT2D eigenvalue weighted by Gasteiger charge is -2.26. The van der Waals surface area contributed by atoms with Crippen LogP contribution >= 0.6 is 0 Å². The molecule has 1 aliphatic heterocycles. The normalized spacial score (nSPS) is 18.2. The first-order valence-corrected chi connectivity index (χ1v) is 6.49. The third-order valence-corrected chi connectivity index (χ3v) is 3.10. The van der Waals surface area contributed by atoms with Gasteiger partial charge in [-0.15, -0.1) is 0 Å². The summed E-state index contributed by atoms with van der Waals surface area (Å²) in [5, 5.41) is 0. The van der Waals surface area contributed by atoms with Crippen molar-refractivity contribution in [1.29, 1.82) is 0 Å². The Morgan fingerprint density at radius 1 is 1.25 bits per heavy atom. The summed E-state index contributed by atoms with van der Waals surface area (Å²) in [7, 11) is 0. The summed E-state index contributed by atoms with van der Waals surface area (Å²) in [5.41, 5.74) is -0.463. The molecule has 0 radical (unpaired) electrons. The largest absolute Gasteiger partial charge is 0.493 e. The van der Waals surface area contributed by atoms with Crippen LogP contribution in [-0.4, -0.2) is 19.8 Å². The van der Waals surface area contributed by atoms with Gasteiger partial charge in [0.15, 0.2) is 5.79 Å². The first-order chi connectivity index (χ1) is 9.37. The van der Waals surface area contributed by atoms with Crippen LogP contribution in [0, 0.1) is 0 Å². The highest BCUT2D eigenvalue weighted by molar-refractivity contribution is 5.41. The molecule has 3 nitrogen and oxygen atoms in total. The van der Waals surface area contributed by atoms with Crippen LogP contribution in [0.3, 0.4) is 0 Å². The molecule has 0 aromatic heterocycles. The highest BCUT2D eigenvalue weighted by atomic mass is 19.4. The summed E-state index contributed by atoms with van der Waals surface area (Å²) in [4.78, 5) is 0. The van der Waals surface area contributed by atoms with E-state index in [1.54, 1.807) is 6.92 Å². The van der Waals surface area contributed by atoms with Gasteiger partial charge in [0.05, 0.1) is 30.9 Å². The zero-order valence-electron chi connectivity index (χ0n) is 11.4. The van der Waals surface area contributed by atoms with Crippen LogP contribution in [0.1, 0.15) is 31.4 Å². The lowest BCUT2D eigenvalue weighted by atomic mass is 10.0. The highest BCUT2D eigenvalue weighted by Gasteiger charge is 2.39. The predicted molar refractivity (Wildman–Crippen MR) is 66.5 cm³/mol. The van der Waals surface area contributed by atoms with Crippen molar-refractivity contribution in [3.63, 3.8) is 0 Å². The summed E-state index contributed by atoms with van der Waals surface area (Å²) in [5.74, 6) is -0.825. The van der Waals surface area contributed by atoms with E-state index in [0.717, 1.165) is 18.6 Å². The van der Waals surface area contributed by atoms with E-state index in [9.17, 15) is 13.2 Å². The fourth-order valence-corrected chi connectivity index (χ4v) is 2.07. The molecule has 1 aromatic carbocycles. The van der Waals surface area contributed by atoms with Gasteiger partial charge in [-0.3, -0.25) is 0 Å². The van der Waals surface area contributed by atoms with Gasteiger partial charge in [0.1, 0.15) is 5.75 Å². The van der Waals surface area contributed by atoms with Gasteiger partial charge in [-0.05, 0) is 31.5 Å². The molecule has 0 atom stereocenters. The van der Waals surface area contributed by atoms with Crippen molar-refractivity contribution in [3.05, 3.63) is 29.3 Å². The van der Waals surface area contributed by atoms with Crippen LogP contribution < -0.4 is 4.74 Å². The van der Waals surface area contributed by atoms with Gasteiger partial charge in [-0.1, -0.05) is 6.92 Å². The number of rotatable bonds is 4. The molecular weight excluding hydrogens is 273 g/mol. The Kier molecular flexibility index (Phi) is 4.25. The maximum atomic E-state index is 12.8. The average Bonchev–Trinajstić information content (AvgIpc) is 2.83. The summed E-state index contributed by atoms with van der Waals surface area (Å²) in [6, 6.07) is 3.37. The van der Waals surface area contributed by atoms with E-state index in [4.69, 9.17) is 14.2 Å². The van der Waals surface area contributed by atoms with E-state index in [1.807, 2.05) is 6.92 Å². The molecule has 0 spiro atoms. The van der Waals surface area contributed by atoms with Crippen LogP contribution in [0.25, 0.3) is 0 Å². The molecule has 6 heteroatoms. The van der Waals surface area contributed by atoms with Crippen molar-refractivity contribution >= 4 is 0 Å². The van der Waals surface area contributed by atoms with Gasteiger partial charge in [0.25, 0.3) is 0 Å². The Morgan fingerprint density at radius 3 is 2.45 bits per heavy atom. The second-order valence-corrected chi connectivity index (χ2v) is 4.70. The third kappa shape index (κ3) is 3.07. The SMILES string of the molecule is CCCOc1ccc(C(F)(F)F)cc1C1(C)OCCO1. The van der Waals surface area contributed by atoms with Crippen molar-refractivity contribution < 1.29 is 27.4 Å². The van der Waals surface area contributed by atoms with E-state index >= 15 is 0 Å². The van der Waals surface area contributed by atoms with Gasteiger partial charge < -0.3 is 14.2 Å². The van der Waals surface area contributed by atoms with E-state index in [1.165, 1.54) is 6.07 Å². The Labute approximate surface area is 115 Å². The third-order valence-electron chi connectivity index (χ3n) is 3.10. The number of hydrogen-bond donors (Lipinski definition) is 0. The Morgan fingerprint density at radius 2 is 1.90 bits per heavy atom. The fraction of sp³-hybridized carbons (Fsp3) is 0.571. The monoisotopic (exact) mass is 290 g/mol. The van der Waals surface area contributed by atoms with Gasteiger partial charge >= 0.3 is 6.18 Å². The maximum absolute atomic E-state index is 12.8. The van der Waals surface area contributed by atoms with Gasteiger partial charge in [-0.2, -0.15) is 13.2 Å². The second-order valence-electron chi connectivity index (χ2n) is 4.70. The minimum Gasteiger partial charge on any atom is -0.493 e. The summed E-state index contributed by atoms with van der Waals surface area (Å²) >= 11 is 0. The molecule has 2 rings (SSSR count). The summed E-state index contributed by atoms with van der Waals surface area (Å²) in [6.45, 7) is 4.65. The number of hydrogen-bond acceptors (Lipinski definition) is 3. The molecule has 0 unspecified atom stereocenters. The molecule has 1 aromatic rings. The van der Waals surface area contributed by atoms with E-state index in [2.05, 4.69) is 0 Å². The van der Waals surface area contributed by atoms with Gasteiger partial charge in [0.2, 0.25) is 0 Å². The van der Waals surface area contributed by atoms with E-state index in [0.29, 0.717) is 25.6 Å². The lowest BCUT2D eigenvalue weighted by Crippen LogP contribution is -2.24. The molecule has 1 saturated heterocycles. The molecule has 20 heavy (non-hydrogen) atoms. The first-order valence-electron chi connectivity index (χ1n) is 6.49. The minimum absolute atomic E-state index is 0.276. The molecule has 1 aliphatic rings.